The lowest BCUT2D eigenvalue weighted by Crippen LogP contribution is -2.37. The maximum Gasteiger partial charge on any atom is 0.0231 e. The highest BCUT2D eigenvalue weighted by Gasteiger charge is 2.17. The van der Waals surface area contributed by atoms with E-state index in [1.54, 1.807) is 0 Å². The van der Waals surface area contributed by atoms with Crippen LogP contribution < -0.4 is 5.32 Å². The van der Waals surface area contributed by atoms with Crippen molar-refractivity contribution in [3.05, 3.63) is 35.4 Å². The van der Waals surface area contributed by atoms with Crippen LogP contribution in [-0.4, -0.2) is 31.1 Å². The molecule has 1 aliphatic rings. The van der Waals surface area contributed by atoms with E-state index in [2.05, 4.69) is 55.4 Å². The zero-order chi connectivity index (χ0) is 14.4. The molecule has 0 bridgehead atoms. The van der Waals surface area contributed by atoms with Crippen LogP contribution in [-0.2, 0) is 6.54 Å². The van der Waals surface area contributed by atoms with E-state index in [1.807, 2.05) is 0 Å². The van der Waals surface area contributed by atoms with E-state index in [0.29, 0.717) is 0 Å². The zero-order valence-electron chi connectivity index (χ0n) is 13.4. The second-order valence-corrected chi connectivity index (χ2v) is 6.63. The van der Waals surface area contributed by atoms with Crippen molar-refractivity contribution in [1.29, 1.82) is 0 Å². The molecule has 1 fully saturated rings. The fourth-order valence-electron chi connectivity index (χ4n) is 3.01. The monoisotopic (exact) mass is 274 g/mol. The number of aryl methyl sites for hydroxylation is 1. The molecule has 0 atom stereocenters. The summed E-state index contributed by atoms with van der Waals surface area (Å²) >= 11 is 0. The van der Waals surface area contributed by atoms with E-state index >= 15 is 0 Å². The number of hydrogen-bond donors (Lipinski definition) is 1. The maximum atomic E-state index is 3.73. The van der Waals surface area contributed by atoms with E-state index in [-0.39, 0.29) is 0 Å². The highest BCUT2D eigenvalue weighted by molar-refractivity contribution is 5.21. The molecule has 1 N–H and O–H groups in total. The van der Waals surface area contributed by atoms with Crippen LogP contribution in [0, 0.1) is 12.8 Å². The van der Waals surface area contributed by atoms with Gasteiger partial charge in [-0.15, -0.1) is 0 Å². The van der Waals surface area contributed by atoms with Crippen LogP contribution in [0.15, 0.2) is 24.3 Å². The number of rotatable bonds is 6. The summed E-state index contributed by atoms with van der Waals surface area (Å²) in [6.07, 6.45) is 5.53. The number of likely N-dealkylation sites (N-methyl/N-ethyl adjacent to an activating group) is 1. The fourth-order valence-corrected chi connectivity index (χ4v) is 3.01. The molecule has 1 aromatic rings. The van der Waals surface area contributed by atoms with Gasteiger partial charge in [-0.2, -0.15) is 0 Å². The molecule has 2 heteroatoms. The van der Waals surface area contributed by atoms with Gasteiger partial charge in [0.05, 0.1) is 0 Å². The molecule has 1 saturated carbocycles. The van der Waals surface area contributed by atoms with Crippen molar-refractivity contribution in [3.8, 4) is 0 Å². The largest absolute Gasteiger partial charge is 0.313 e. The topological polar surface area (TPSA) is 15.3 Å². The lowest BCUT2D eigenvalue weighted by atomic mass is 9.87. The predicted molar refractivity (Wildman–Crippen MR) is 86.9 cm³/mol. The van der Waals surface area contributed by atoms with Gasteiger partial charge in [0, 0.05) is 25.7 Å². The maximum absolute atomic E-state index is 3.73. The van der Waals surface area contributed by atoms with E-state index in [0.717, 1.165) is 31.6 Å². The Hall–Kier alpha value is -0.860. The average Bonchev–Trinajstić information content (AvgIpc) is 2.44. The molecule has 2 rings (SSSR count). The Bertz CT molecular complexity index is 377. The van der Waals surface area contributed by atoms with Gasteiger partial charge in [-0.3, -0.25) is 0 Å². The van der Waals surface area contributed by atoms with Gasteiger partial charge in [-0.25, -0.2) is 0 Å². The van der Waals surface area contributed by atoms with Crippen LogP contribution in [0.4, 0.5) is 0 Å². The summed E-state index contributed by atoms with van der Waals surface area (Å²) in [7, 11) is 2.21. The molecule has 0 aromatic heterocycles. The third-order valence-corrected chi connectivity index (χ3v) is 4.52. The molecule has 0 unspecified atom stereocenters. The lowest BCUT2D eigenvalue weighted by Gasteiger charge is -2.28. The first-order valence-corrected chi connectivity index (χ1v) is 8.11. The van der Waals surface area contributed by atoms with Gasteiger partial charge >= 0.3 is 0 Å². The van der Waals surface area contributed by atoms with Crippen molar-refractivity contribution in [1.82, 2.24) is 10.2 Å². The quantitative estimate of drug-likeness (QED) is 0.853. The Balaban J connectivity index is 1.62. The summed E-state index contributed by atoms with van der Waals surface area (Å²) in [5.74, 6) is 0.942. The Labute approximate surface area is 124 Å². The Morgan fingerprint density at radius 1 is 1.10 bits per heavy atom. The average molecular weight is 274 g/mol. The first-order valence-electron chi connectivity index (χ1n) is 8.11. The molecular formula is C18H30N2. The Morgan fingerprint density at radius 2 is 1.75 bits per heavy atom. The molecular weight excluding hydrogens is 244 g/mol. The van der Waals surface area contributed by atoms with Gasteiger partial charge in [-0.1, -0.05) is 36.8 Å². The number of nitrogens with zero attached hydrogens (tertiary/aromatic N) is 1. The van der Waals surface area contributed by atoms with E-state index in [4.69, 9.17) is 0 Å². The molecule has 0 radical (unpaired) electrons. The van der Waals surface area contributed by atoms with Crippen LogP contribution in [0.25, 0.3) is 0 Å². The van der Waals surface area contributed by atoms with Gasteiger partial charge in [0.1, 0.15) is 0 Å². The summed E-state index contributed by atoms with van der Waals surface area (Å²) in [5, 5.41) is 3.73. The number of hydrogen-bond acceptors (Lipinski definition) is 2. The van der Waals surface area contributed by atoms with Crippen LogP contribution in [0.3, 0.4) is 0 Å². The van der Waals surface area contributed by atoms with Crippen molar-refractivity contribution in [2.24, 2.45) is 5.92 Å². The number of nitrogens with one attached hydrogen (secondary N) is 1. The highest BCUT2D eigenvalue weighted by Crippen LogP contribution is 2.23. The van der Waals surface area contributed by atoms with Gasteiger partial charge in [-0.05, 0) is 51.1 Å². The van der Waals surface area contributed by atoms with Gasteiger partial charge in [0.25, 0.3) is 0 Å². The van der Waals surface area contributed by atoms with Crippen molar-refractivity contribution >= 4 is 0 Å². The normalized spacial score (nSPS) is 23.2. The van der Waals surface area contributed by atoms with E-state index in [1.165, 1.54) is 36.8 Å². The first-order chi connectivity index (χ1) is 9.63. The fraction of sp³-hybridized carbons (Fsp3) is 0.667. The highest BCUT2D eigenvalue weighted by atomic mass is 15.1. The smallest absolute Gasteiger partial charge is 0.0231 e. The summed E-state index contributed by atoms with van der Waals surface area (Å²) in [4.78, 5) is 2.41. The van der Waals surface area contributed by atoms with Crippen LogP contribution in [0.1, 0.15) is 43.7 Å². The van der Waals surface area contributed by atoms with Crippen molar-refractivity contribution in [3.63, 3.8) is 0 Å². The van der Waals surface area contributed by atoms with Crippen molar-refractivity contribution in [2.75, 3.05) is 20.1 Å². The molecule has 0 amide bonds. The minimum Gasteiger partial charge on any atom is -0.313 e. The molecule has 0 heterocycles. The second-order valence-electron chi connectivity index (χ2n) is 6.63. The standard InChI is InChI=1S/C18H30N2/c1-15-4-8-17(9-5-15)14-20(3)13-12-19-18-10-6-16(2)7-11-18/h4-5,8-9,16,18-19H,6-7,10-14H2,1-3H3. The summed E-state index contributed by atoms with van der Waals surface area (Å²) in [6, 6.07) is 9.64. The molecule has 112 valence electrons. The van der Waals surface area contributed by atoms with E-state index < -0.39 is 0 Å². The minimum absolute atomic E-state index is 0.763. The molecule has 1 aromatic carbocycles. The third kappa shape index (κ3) is 5.26. The van der Waals surface area contributed by atoms with Crippen LogP contribution >= 0.6 is 0 Å². The Morgan fingerprint density at radius 3 is 2.40 bits per heavy atom. The predicted octanol–water partition coefficient (Wildman–Crippen LogP) is 3.60. The molecule has 20 heavy (non-hydrogen) atoms. The third-order valence-electron chi connectivity index (χ3n) is 4.52. The van der Waals surface area contributed by atoms with Gasteiger partial charge in [0.2, 0.25) is 0 Å². The molecule has 0 spiro atoms. The zero-order valence-corrected chi connectivity index (χ0v) is 13.4. The van der Waals surface area contributed by atoms with Crippen LogP contribution in [0.5, 0.6) is 0 Å². The van der Waals surface area contributed by atoms with Gasteiger partial charge in [0.15, 0.2) is 0 Å². The lowest BCUT2D eigenvalue weighted by molar-refractivity contribution is 0.279. The van der Waals surface area contributed by atoms with Gasteiger partial charge < -0.3 is 10.2 Å². The Kier molecular flexibility index (Phi) is 6.06. The molecule has 1 aliphatic carbocycles. The van der Waals surface area contributed by atoms with Crippen LogP contribution in [0.2, 0.25) is 0 Å². The van der Waals surface area contributed by atoms with Crippen molar-refractivity contribution < 1.29 is 0 Å². The summed E-state index contributed by atoms with van der Waals surface area (Å²) in [5.41, 5.74) is 2.74. The minimum atomic E-state index is 0.763. The summed E-state index contributed by atoms with van der Waals surface area (Å²) < 4.78 is 0. The van der Waals surface area contributed by atoms with E-state index in [9.17, 15) is 0 Å². The molecule has 0 aliphatic heterocycles. The SMILES string of the molecule is Cc1ccc(CN(C)CCNC2CCC(C)CC2)cc1. The molecule has 0 saturated heterocycles. The first kappa shape index (κ1) is 15.5. The number of benzene rings is 1. The second kappa shape index (κ2) is 7.80. The van der Waals surface area contributed by atoms with Crippen molar-refractivity contribution in [2.45, 2.75) is 52.1 Å². The summed E-state index contributed by atoms with van der Waals surface area (Å²) in [6.45, 7) is 7.80. The molecule has 2 nitrogen and oxygen atoms in total.